The van der Waals surface area contributed by atoms with Crippen LogP contribution in [0.25, 0.3) is 0 Å². The van der Waals surface area contributed by atoms with Gasteiger partial charge in [0.1, 0.15) is 0 Å². The van der Waals surface area contributed by atoms with Gasteiger partial charge < -0.3 is 5.32 Å². The third kappa shape index (κ3) is 3.97. The van der Waals surface area contributed by atoms with Crippen LogP contribution in [0.15, 0.2) is 47.4 Å². The predicted octanol–water partition coefficient (Wildman–Crippen LogP) is 3.47. The highest BCUT2D eigenvalue weighted by atomic mass is 35.5. The molecule has 0 saturated carbocycles. The number of halogens is 1. The van der Waals surface area contributed by atoms with Crippen LogP contribution >= 0.6 is 11.6 Å². The van der Waals surface area contributed by atoms with Gasteiger partial charge in [-0.2, -0.15) is 0 Å². The van der Waals surface area contributed by atoms with E-state index in [4.69, 9.17) is 16.7 Å². The topological polar surface area (TPSA) is 72.2 Å². The lowest BCUT2D eigenvalue weighted by atomic mass is 10.1. The van der Waals surface area contributed by atoms with Crippen molar-refractivity contribution in [3.05, 3.63) is 58.6 Å². The van der Waals surface area contributed by atoms with Crippen molar-refractivity contribution >= 4 is 27.3 Å². The number of primary sulfonamides is 1. The monoisotopic (exact) mass is 324 g/mol. The Labute approximate surface area is 130 Å². The number of nitrogens with two attached hydrogens (primary N) is 1. The SMILES string of the molecule is Cc1cc(Cl)ccc1NC(C)c1cccc(S(N)(=O)=O)c1. The fourth-order valence-electron chi connectivity index (χ4n) is 2.07. The maximum Gasteiger partial charge on any atom is 0.238 e. The van der Waals surface area contributed by atoms with E-state index in [1.54, 1.807) is 12.1 Å². The largest absolute Gasteiger partial charge is 0.378 e. The average molecular weight is 325 g/mol. The van der Waals surface area contributed by atoms with Crippen LogP contribution in [0.3, 0.4) is 0 Å². The minimum Gasteiger partial charge on any atom is -0.378 e. The van der Waals surface area contributed by atoms with Gasteiger partial charge in [-0.3, -0.25) is 0 Å². The summed E-state index contributed by atoms with van der Waals surface area (Å²) in [5.41, 5.74) is 2.82. The fourth-order valence-corrected chi connectivity index (χ4v) is 2.86. The lowest BCUT2D eigenvalue weighted by molar-refractivity contribution is 0.597. The van der Waals surface area contributed by atoms with Crippen LogP contribution < -0.4 is 10.5 Å². The summed E-state index contributed by atoms with van der Waals surface area (Å²) in [6.07, 6.45) is 0. The van der Waals surface area contributed by atoms with Gasteiger partial charge in [0.15, 0.2) is 0 Å². The molecule has 0 fully saturated rings. The van der Waals surface area contributed by atoms with Gasteiger partial charge in [-0.25, -0.2) is 13.6 Å². The zero-order valence-corrected chi connectivity index (χ0v) is 13.4. The van der Waals surface area contributed by atoms with E-state index in [1.807, 2.05) is 38.1 Å². The minimum atomic E-state index is -3.69. The summed E-state index contributed by atoms with van der Waals surface area (Å²) in [7, 11) is -3.69. The molecule has 21 heavy (non-hydrogen) atoms. The Hall–Kier alpha value is -1.56. The second kappa shape index (κ2) is 6.05. The first-order valence-electron chi connectivity index (χ1n) is 6.43. The highest BCUT2D eigenvalue weighted by molar-refractivity contribution is 7.89. The first-order valence-corrected chi connectivity index (χ1v) is 8.35. The van der Waals surface area contributed by atoms with E-state index in [9.17, 15) is 8.42 Å². The fraction of sp³-hybridized carbons (Fsp3) is 0.200. The van der Waals surface area contributed by atoms with Crippen LogP contribution in [-0.4, -0.2) is 8.42 Å². The molecule has 2 aromatic rings. The van der Waals surface area contributed by atoms with E-state index in [0.717, 1.165) is 16.8 Å². The van der Waals surface area contributed by atoms with Crippen LogP contribution in [0.5, 0.6) is 0 Å². The highest BCUT2D eigenvalue weighted by Gasteiger charge is 2.12. The molecule has 0 aromatic heterocycles. The second-order valence-corrected chi connectivity index (χ2v) is 6.94. The third-order valence-corrected chi connectivity index (χ3v) is 4.39. The quantitative estimate of drug-likeness (QED) is 0.904. The maximum absolute atomic E-state index is 11.4. The Bertz CT molecular complexity index is 760. The number of aryl methyl sites for hydroxylation is 1. The maximum atomic E-state index is 11.4. The van der Waals surface area contributed by atoms with E-state index in [1.165, 1.54) is 6.07 Å². The van der Waals surface area contributed by atoms with Crippen molar-refractivity contribution in [1.82, 2.24) is 0 Å². The number of nitrogens with one attached hydrogen (secondary N) is 1. The number of hydrogen-bond donors (Lipinski definition) is 2. The summed E-state index contributed by atoms with van der Waals surface area (Å²) in [5, 5.41) is 9.18. The van der Waals surface area contributed by atoms with Crippen molar-refractivity contribution in [3.8, 4) is 0 Å². The molecule has 0 aliphatic carbocycles. The molecule has 0 aliphatic rings. The molecule has 6 heteroatoms. The average Bonchev–Trinajstić information content (AvgIpc) is 2.41. The summed E-state index contributed by atoms with van der Waals surface area (Å²) in [5.74, 6) is 0. The summed E-state index contributed by atoms with van der Waals surface area (Å²) < 4.78 is 22.8. The van der Waals surface area contributed by atoms with Crippen LogP contribution in [0, 0.1) is 6.92 Å². The van der Waals surface area contributed by atoms with Gasteiger partial charge in [0, 0.05) is 16.8 Å². The van der Waals surface area contributed by atoms with Gasteiger partial charge in [-0.1, -0.05) is 23.7 Å². The molecule has 2 aromatic carbocycles. The van der Waals surface area contributed by atoms with E-state index >= 15 is 0 Å². The molecule has 0 spiro atoms. The summed E-state index contributed by atoms with van der Waals surface area (Å²) in [6, 6.07) is 12.1. The number of rotatable bonds is 4. The van der Waals surface area contributed by atoms with Gasteiger partial charge in [-0.05, 0) is 55.3 Å². The smallest absolute Gasteiger partial charge is 0.238 e. The van der Waals surface area contributed by atoms with Gasteiger partial charge in [0.25, 0.3) is 0 Å². The van der Waals surface area contributed by atoms with E-state index in [-0.39, 0.29) is 10.9 Å². The molecule has 4 nitrogen and oxygen atoms in total. The van der Waals surface area contributed by atoms with Crippen LogP contribution in [0.4, 0.5) is 5.69 Å². The van der Waals surface area contributed by atoms with Crippen LogP contribution in [0.2, 0.25) is 5.02 Å². The molecule has 0 amide bonds. The molecule has 0 saturated heterocycles. The standard InChI is InChI=1S/C15H17ClN2O2S/c1-10-8-13(16)6-7-15(10)18-11(2)12-4-3-5-14(9-12)21(17,19)20/h3-9,11,18H,1-2H3,(H2,17,19,20). The Morgan fingerprint density at radius 2 is 1.90 bits per heavy atom. The second-order valence-electron chi connectivity index (χ2n) is 4.94. The molecule has 0 heterocycles. The van der Waals surface area contributed by atoms with Crippen molar-refractivity contribution in [3.63, 3.8) is 0 Å². The van der Waals surface area contributed by atoms with Gasteiger partial charge in [0.2, 0.25) is 10.0 Å². The number of benzene rings is 2. The molecule has 3 N–H and O–H groups in total. The molecular formula is C15H17ClN2O2S. The molecule has 0 bridgehead atoms. The predicted molar refractivity (Wildman–Crippen MR) is 86.0 cm³/mol. The molecular weight excluding hydrogens is 308 g/mol. The van der Waals surface area contributed by atoms with Gasteiger partial charge in [0.05, 0.1) is 4.90 Å². The zero-order valence-electron chi connectivity index (χ0n) is 11.8. The Morgan fingerprint density at radius 3 is 2.52 bits per heavy atom. The minimum absolute atomic E-state index is 0.0634. The van der Waals surface area contributed by atoms with Crippen molar-refractivity contribution in [2.24, 2.45) is 5.14 Å². The van der Waals surface area contributed by atoms with Crippen molar-refractivity contribution in [2.75, 3.05) is 5.32 Å². The number of sulfonamides is 1. The normalized spacial score (nSPS) is 13.0. The Balaban J connectivity index is 2.26. The molecule has 0 aliphatic heterocycles. The molecule has 1 atom stereocenters. The van der Waals surface area contributed by atoms with Crippen molar-refractivity contribution < 1.29 is 8.42 Å². The molecule has 2 rings (SSSR count). The lowest BCUT2D eigenvalue weighted by Gasteiger charge is -2.18. The van der Waals surface area contributed by atoms with Crippen LogP contribution in [-0.2, 0) is 10.0 Å². The summed E-state index contributed by atoms with van der Waals surface area (Å²) in [6.45, 7) is 3.91. The molecule has 0 radical (unpaired) electrons. The number of anilines is 1. The van der Waals surface area contributed by atoms with Gasteiger partial charge >= 0.3 is 0 Å². The molecule has 1 unspecified atom stereocenters. The zero-order chi connectivity index (χ0) is 15.6. The first-order chi connectivity index (χ1) is 9.77. The Kier molecular flexibility index (Phi) is 4.56. The first kappa shape index (κ1) is 15.8. The highest BCUT2D eigenvalue weighted by Crippen LogP contribution is 2.25. The van der Waals surface area contributed by atoms with E-state index in [2.05, 4.69) is 5.32 Å². The third-order valence-electron chi connectivity index (χ3n) is 3.25. The summed E-state index contributed by atoms with van der Waals surface area (Å²) in [4.78, 5) is 0.112. The van der Waals surface area contributed by atoms with Crippen LogP contribution in [0.1, 0.15) is 24.1 Å². The Morgan fingerprint density at radius 1 is 1.19 bits per heavy atom. The summed E-state index contributed by atoms with van der Waals surface area (Å²) >= 11 is 5.93. The van der Waals surface area contributed by atoms with Gasteiger partial charge in [-0.15, -0.1) is 0 Å². The van der Waals surface area contributed by atoms with E-state index < -0.39 is 10.0 Å². The van der Waals surface area contributed by atoms with E-state index in [0.29, 0.717) is 5.02 Å². The lowest BCUT2D eigenvalue weighted by Crippen LogP contribution is -2.14. The molecule has 112 valence electrons. The van der Waals surface area contributed by atoms with Crippen molar-refractivity contribution in [1.29, 1.82) is 0 Å². The van der Waals surface area contributed by atoms with Crippen molar-refractivity contribution in [2.45, 2.75) is 24.8 Å². The number of hydrogen-bond acceptors (Lipinski definition) is 3.